The largest absolute Gasteiger partial charge is 0.391 e. The Morgan fingerprint density at radius 1 is 0.864 bits per heavy atom. The molecule has 0 heterocycles. The van der Waals surface area contributed by atoms with Gasteiger partial charge in [-0.3, -0.25) is 0 Å². The molecule has 2 nitrogen and oxygen atoms in total. The smallest absolute Gasteiger partial charge is 0.200 e. The Morgan fingerprint density at radius 3 is 2.05 bits per heavy atom. The molecule has 0 atom stereocenters. The molecule has 0 radical (unpaired) electrons. The Hall–Kier alpha value is -2.51. The Morgan fingerprint density at radius 2 is 1.45 bits per heavy atom. The van der Waals surface area contributed by atoms with Gasteiger partial charge in [0.05, 0.1) is 11.8 Å². The van der Waals surface area contributed by atoms with Crippen molar-refractivity contribution in [3.63, 3.8) is 0 Å². The maximum absolute atomic E-state index is 13.3. The van der Waals surface area contributed by atoms with E-state index >= 15 is 0 Å². The number of halogens is 6. The van der Waals surface area contributed by atoms with E-state index in [9.17, 15) is 26.3 Å². The van der Waals surface area contributed by atoms with Crippen molar-refractivity contribution in [1.82, 2.24) is 0 Å². The zero-order valence-electron chi connectivity index (χ0n) is 10.7. The van der Waals surface area contributed by atoms with Gasteiger partial charge in [0.15, 0.2) is 23.3 Å². The quantitative estimate of drug-likeness (QED) is 0.274. The van der Waals surface area contributed by atoms with Crippen molar-refractivity contribution in [1.29, 1.82) is 0 Å². The lowest BCUT2D eigenvalue weighted by atomic mass is 10.2. The molecule has 0 bridgehead atoms. The van der Waals surface area contributed by atoms with Crippen LogP contribution in [0.2, 0.25) is 0 Å². The van der Waals surface area contributed by atoms with Crippen molar-refractivity contribution in [2.75, 3.05) is 0 Å². The van der Waals surface area contributed by atoms with E-state index in [0.29, 0.717) is 0 Å². The Bertz CT molecular complexity index is 703. The molecule has 0 fully saturated rings. The number of hydrogen-bond acceptors (Lipinski definition) is 2. The molecule has 22 heavy (non-hydrogen) atoms. The van der Waals surface area contributed by atoms with Crippen molar-refractivity contribution in [2.45, 2.75) is 6.61 Å². The number of hydrogen-bond donors (Lipinski definition) is 0. The molecular weight excluding hydrogens is 312 g/mol. The molecule has 0 amide bonds. The van der Waals surface area contributed by atoms with Crippen molar-refractivity contribution in [2.24, 2.45) is 5.16 Å². The highest BCUT2D eigenvalue weighted by Gasteiger charge is 2.25. The summed E-state index contributed by atoms with van der Waals surface area (Å²) in [5, 5.41) is 3.28. The number of benzene rings is 2. The molecule has 0 aliphatic carbocycles. The van der Waals surface area contributed by atoms with E-state index in [1.165, 1.54) is 18.2 Å². The van der Waals surface area contributed by atoms with Gasteiger partial charge in [-0.05, 0) is 17.7 Å². The van der Waals surface area contributed by atoms with Crippen LogP contribution >= 0.6 is 0 Å². The fraction of sp³-hybridized carbons (Fsp3) is 0.0714. The van der Waals surface area contributed by atoms with Crippen molar-refractivity contribution < 1.29 is 31.2 Å². The van der Waals surface area contributed by atoms with Crippen LogP contribution in [0.15, 0.2) is 29.4 Å². The summed E-state index contributed by atoms with van der Waals surface area (Å²) in [5.41, 5.74) is -0.856. The molecule has 0 aromatic heterocycles. The number of rotatable bonds is 4. The van der Waals surface area contributed by atoms with Crippen molar-refractivity contribution in [3.05, 3.63) is 70.3 Å². The topological polar surface area (TPSA) is 21.6 Å². The molecule has 0 aliphatic heterocycles. The fourth-order valence-electron chi connectivity index (χ4n) is 1.56. The molecule has 0 N–H and O–H groups in total. The summed E-state index contributed by atoms with van der Waals surface area (Å²) in [6.45, 7) is -0.975. The molecule has 0 unspecified atom stereocenters. The summed E-state index contributed by atoms with van der Waals surface area (Å²) in [5.74, 6) is -10.9. The molecule has 2 aromatic carbocycles. The third-order valence-corrected chi connectivity index (χ3v) is 2.63. The van der Waals surface area contributed by atoms with Gasteiger partial charge in [-0.15, -0.1) is 0 Å². The zero-order chi connectivity index (χ0) is 16.3. The van der Waals surface area contributed by atoms with Crippen LogP contribution in [-0.2, 0) is 11.4 Å². The van der Waals surface area contributed by atoms with Crippen molar-refractivity contribution in [3.8, 4) is 0 Å². The Kier molecular flexibility index (Phi) is 4.69. The summed E-state index contributed by atoms with van der Waals surface area (Å²) < 4.78 is 78.1. The van der Waals surface area contributed by atoms with Crippen LogP contribution in [0.25, 0.3) is 0 Å². The van der Waals surface area contributed by atoms with Crippen LogP contribution in [0.3, 0.4) is 0 Å². The third-order valence-electron chi connectivity index (χ3n) is 2.63. The highest BCUT2D eigenvalue weighted by atomic mass is 19.2. The van der Waals surface area contributed by atoms with Gasteiger partial charge < -0.3 is 4.84 Å². The number of nitrogens with zero attached hydrogens (tertiary/aromatic N) is 1. The van der Waals surface area contributed by atoms with Gasteiger partial charge in [0.2, 0.25) is 5.82 Å². The van der Waals surface area contributed by atoms with Gasteiger partial charge in [-0.25, -0.2) is 26.3 Å². The predicted octanol–water partition coefficient (Wildman–Crippen LogP) is 4.07. The summed E-state index contributed by atoms with van der Waals surface area (Å²) >= 11 is 0. The van der Waals surface area contributed by atoms with Crippen molar-refractivity contribution >= 4 is 6.21 Å². The van der Waals surface area contributed by atoms with Crippen LogP contribution in [-0.4, -0.2) is 6.21 Å². The normalized spacial score (nSPS) is 11.2. The molecule has 0 aliphatic rings. The molecule has 2 aromatic rings. The summed E-state index contributed by atoms with van der Waals surface area (Å²) in [6, 6.07) is 5.15. The van der Waals surface area contributed by atoms with Gasteiger partial charge in [-0.2, -0.15) is 0 Å². The standard InChI is InChI=1S/C14H7F6NO/c15-8-3-1-2-7(4-8)5-21-22-6-9-10(16)12(18)14(20)13(19)11(9)17/h1-5H,6H2. The zero-order valence-corrected chi connectivity index (χ0v) is 10.7. The minimum Gasteiger partial charge on any atom is -0.391 e. The molecular formula is C14H7F6NO. The van der Waals surface area contributed by atoms with E-state index in [1.807, 2.05) is 0 Å². The first-order valence-electron chi connectivity index (χ1n) is 5.83. The second-order valence-corrected chi connectivity index (χ2v) is 4.11. The van der Waals surface area contributed by atoms with Crippen LogP contribution in [0.4, 0.5) is 26.3 Å². The van der Waals surface area contributed by atoms with E-state index in [-0.39, 0.29) is 5.56 Å². The maximum atomic E-state index is 13.3. The lowest BCUT2D eigenvalue weighted by Gasteiger charge is -2.06. The molecule has 116 valence electrons. The van der Waals surface area contributed by atoms with Crippen LogP contribution < -0.4 is 0 Å². The summed E-state index contributed by atoms with van der Waals surface area (Å²) in [7, 11) is 0. The van der Waals surface area contributed by atoms with E-state index in [1.54, 1.807) is 0 Å². The monoisotopic (exact) mass is 319 g/mol. The average molecular weight is 319 g/mol. The fourth-order valence-corrected chi connectivity index (χ4v) is 1.56. The highest BCUT2D eigenvalue weighted by Crippen LogP contribution is 2.23. The van der Waals surface area contributed by atoms with Crippen LogP contribution in [0.1, 0.15) is 11.1 Å². The first-order valence-corrected chi connectivity index (χ1v) is 5.83. The van der Waals surface area contributed by atoms with E-state index in [4.69, 9.17) is 0 Å². The lowest BCUT2D eigenvalue weighted by molar-refractivity contribution is 0.124. The Labute approximate surface area is 120 Å². The molecule has 8 heteroatoms. The first kappa shape index (κ1) is 15.9. The van der Waals surface area contributed by atoms with Crippen LogP contribution in [0, 0.1) is 34.9 Å². The summed E-state index contributed by atoms with van der Waals surface area (Å²) in [4.78, 5) is 4.49. The maximum Gasteiger partial charge on any atom is 0.200 e. The molecule has 2 rings (SSSR count). The third kappa shape index (κ3) is 3.21. The SMILES string of the molecule is Fc1cccc(C=NOCc2c(F)c(F)c(F)c(F)c2F)c1. The van der Waals surface area contributed by atoms with Gasteiger partial charge in [-0.1, -0.05) is 17.3 Å². The van der Waals surface area contributed by atoms with Gasteiger partial charge in [0, 0.05) is 0 Å². The van der Waals surface area contributed by atoms with Crippen LogP contribution in [0.5, 0.6) is 0 Å². The number of oxime groups is 1. The second kappa shape index (κ2) is 6.50. The molecule has 0 spiro atoms. The lowest BCUT2D eigenvalue weighted by Crippen LogP contribution is -2.07. The average Bonchev–Trinajstić information content (AvgIpc) is 2.50. The molecule has 0 saturated carbocycles. The molecule has 0 saturated heterocycles. The predicted molar refractivity (Wildman–Crippen MR) is 65.0 cm³/mol. The summed E-state index contributed by atoms with van der Waals surface area (Å²) in [6.07, 6.45) is 1.02. The van der Waals surface area contributed by atoms with Gasteiger partial charge in [0.1, 0.15) is 12.4 Å². The second-order valence-electron chi connectivity index (χ2n) is 4.11. The minimum absolute atomic E-state index is 0.289. The minimum atomic E-state index is -2.25. The van der Waals surface area contributed by atoms with E-state index in [2.05, 4.69) is 9.99 Å². The van der Waals surface area contributed by atoms with Gasteiger partial charge in [0.25, 0.3) is 0 Å². The first-order chi connectivity index (χ1) is 10.4. The van der Waals surface area contributed by atoms with E-state index in [0.717, 1.165) is 12.3 Å². The Balaban J connectivity index is 2.13. The highest BCUT2D eigenvalue weighted by molar-refractivity contribution is 5.78. The van der Waals surface area contributed by atoms with E-state index < -0.39 is 47.1 Å². The van der Waals surface area contributed by atoms with Gasteiger partial charge >= 0.3 is 0 Å².